The Morgan fingerprint density at radius 2 is 1.85 bits per heavy atom. The van der Waals surface area contributed by atoms with Crippen LogP contribution in [-0.2, 0) is 0 Å². The molecule has 1 fully saturated rings. The number of carbonyl (C=O) groups is 1. The molecule has 0 atom stereocenters. The van der Waals surface area contributed by atoms with Crippen molar-refractivity contribution in [1.82, 2.24) is 19.2 Å². The molecule has 26 heavy (non-hydrogen) atoms. The van der Waals surface area contributed by atoms with E-state index in [1.54, 1.807) is 11.1 Å². The summed E-state index contributed by atoms with van der Waals surface area (Å²) in [6.45, 7) is 2.88. The number of nitrogens with zero attached hydrogens (tertiary/aromatic N) is 5. The number of anilines is 2. The average molecular weight is 366 g/mol. The summed E-state index contributed by atoms with van der Waals surface area (Å²) in [4.78, 5) is 25.1. The fourth-order valence-corrected chi connectivity index (χ4v) is 3.44. The van der Waals surface area contributed by atoms with Crippen LogP contribution in [0.1, 0.15) is 0 Å². The zero-order valence-electron chi connectivity index (χ0n) is 14.1. The monoisotopic (exact) mass is 366 g/mol. The van der Waals surface area contributed by atoms with Gasteiger partial charge in [-0.05, 0) is 12.1 Å². The Bertz CT molecular complexity index is 862. The molecule has 0 saturated carbocycles. The first kappa shape index (κ1) is 16.5. The minimum Gasteiger partial charge on any atom is -0.367 e. The lowest BCUT2D eigenvalue weighted by Crippen LogP contribution is -2.50. The molecule has 8 heteroatoms. The highest BCUT2D eigenvalue weighted by Gasteiger charge is 2.22. The highest BCUT2D eigenvalue weighted by atomic mass is 32.1. The van der Waals surface area contributed by atoms with Gasteiger partial charge in [-0.2, -0.15) is 9.36 Å². The molecule has 3 heterocycles. The maximum Gasteiger partial charge on any atom is 0.323 e. The summed E-state index contributed by atoms with van der Waals surface area (Å²) in [7, 11) is 0. The van der Waals surface area contributed by atoms with Crippen LogP contribution in [0.3, 0.4) is 0 Å². The Balaban J connectivity index is 1.34. The van der Waals surface area contributed by atoms with Gasteiger partial charge in [0, 0.05) is 49.5 Å². The fraction of sp³-hybridized carbons (Fsp3) is 0.222. The van der Waals surface area contributed by atoms with Crippen molar-refractivity contribution in [3.8, 4) is 11.4 Å². The summed E-state index contributed by atoms with van der Waals surface area (Å²) in [5.41, 5.74) is 2.03. The third-order valence-corrected chi connectivity index (χ3v) is 4.88. The zero-order chi connectivity index (χ0) is 17.8. The van der Waals surface area contributed by atoms with Crippen molar-refractivity contribution in [2.75, 3.05) is 36.4 Å². The van der Waals surface area contributed by atoms with E-state index in [-0.39, 0.29) is 6.03 Å². The van der Waals surface area contributed by atoms with Gasteiger partial charge in [0.25, 0.3) is 0 Å². The number of benzene rings is 1. The second kappa shape index (κ2) is 7.49. The topological polar surface area (TPSA) is 74.2 Å². The molecule has 0 radical (unpaired) electrons. The van der Waals surface area contributed by atoms with Crippen molar-refractivity contribution in [3.05, 3.63) is 54.9 Å². The van der Waals surface area contributed by atoms with Gasteiger partial charge in [-0.3, -0.25) is 10.3 Å². The molecule has 7 nitrogen and oxygen atoms in total. The molecule has 1 aliphatic heterocycles. The van der Waals surface area contributed by atoms with Crippen LogP contribution in [0.2, 0.25) is 0 Å². The molecule has 1 aliphatic rings. The van der Waals surface area contributed by atoms with Crippen LogP contribution in [0.4, 0.5) is 15.6 Å². The third kappa shape index (κ3) is 3.65. The number of piperazine rings is 1. The van der Waals surface area contributed by atoms with Gasteiger partial charge in [-0.1, -0.05) is 30.3 Å². The number of rotatable bonds is 3. The van der Waals surface area contributed by atoms with Crippen LogP contribution >= 0.6 is 11.5 Å². The maximum atomic E-state index is 12.5. The minimum absolute atomic E-state index is 0.133. The predicted molar refractivity (Wildman–Crippen MR) is 102 cm³/mol. The lowest BCUT2D eigenvalue weighted by Gasteiger charge is -2.35. The molecule has 0 bridgehead atoms. The smallest absolute Gasteiger partial charge is 0.323 e. The first-order valence-electron chi connectivity index (χ1n) is 8.39. The van der Waals surface area contributed by atoms with Crippen molar-refractivity contribution < 1.29 is 4.79 Å². The number of amides is 2. The molecule has 4 rings (SSSR count). The molecule has 0 spiro atoms. The molecular weight excluding hydrogens is 348 g/mol. The van der Waals surface area contributed by atoms with E-state index in [1.807, 2.05) is 48.7 Å². The van der Waals surface area contributed by atoms with Crippen LogP contribution < -0.4 is 10.2 Å². The third-order valence-electron chi connectivity index (χ3n) is 4.25. The molecular formula is C18H18N6OS. The SMILES string of the molecule is O=C(Nc1nc(-c2ccccc2)ns1)N1CCN(c2cccnc2)CC1. The second-order valence-electron chi connectivity index (χ2n) is 5.90. The molecule has 0 aliphatic carbocycles. The lowest BCUT2D eigenvalue weighted by molar-refractivity contribution is 0.208. The first-order valence-corrected chi connectivity index (χ1v) is 9.17. The normalized spacial score (nSPS) is 14.3. The zero-order valence-corrected chi connectivity index (χ0v) is 14.9. The number of nitrogens with one attached hydrogen (secondary N) is 1. The molecule has 1 N–H and O–H groups in total. The Morgan fingerprint density at radius 3 is 2.58 bits per heavy atom. The largest absolute Gasteiger partial charge is 0.367 e. The Morgan fingerprint density at radius 1 is 1.04 bits per heavy atom. The van der Waals surface area contributed by atoms with E-state index in [0.717, 1.165) is 24.3 Å². The van der Waals surface area contributed by atoms with Gasteiger partial charge < -0.3 is 9.80 Å². The van der Waals surface area contributed by atoms with Crippen molar-refractivity contribution in [2.45, 2.75) is 0 Å². The molecule has 1 aromatic carbocycles. The summed E-state index contributed by atoms with van der Waals surface area (Å²) in [6.07, 6.45) is 3.61. The van der Waals surface area contributed by atoms with Crippen LogP contribution in [0, 0.1) is 0 Å². The highest BCUT2D eigenvalue weighted by Crippen LogP contribution is 2.21. The molecule has 0 unspecified atom stereocenters. The van der Waals surface area contributed by atoms with Crippen molar-refractivity contribution in [2.24, 2.45) is 0 Å². The second-order valence-corrected chi connectivity index (χ2v) is 6.66. The molecule has 3 aromatic rings. The van der Waals surface area contributed by atoms with Crippen LogP contribution in [-0.4, -0.2) is 51.5 Å². The fourth-order valence-electron chi connectivity index (χ4n) is 2.86. The summed E-state index contributed by atoms with van der Waals surface area (Å²) < 4.78 is 4.32. The summed E-state index contributed by atoms with van der Waals surface area (Å²) in [6, 6.07) is 13.6. The number of pyridine rings is 1. The Kier molecular flexibility index (Phi) is 4.74. The van der Waals surface area contributed by atoms with E-state index in [2.05, 4.69) is 24.6 Å². The van der Waals surface area contributed by atoms with Crippen molar-refractivity contribution in [1.29, 1.82) is 0 Å². The van der Waals surface area contributed by atoms with E-state index in [9.17, 15) is 4.79 Å². The van der Waals surface area contributed by atoms with Gasteiger partial charge in [0.05, 0.1) is 11.9 Å². The predicted octanol–water partition coefficient (Wildman–Crippen LogP) is 2.95. The minimum atomic E-state index is -0.133. The van der Waals surface area contributed by atoms with Gasteiger partial charge in [0.15, 0.2) is 5.82 Å². The summed E-state index contributed by atoms with van der Waals surface area (Å²) in [5.74, 6) is 0.632. The van der Waals surface area contributed by atoms with E-state index >= 15 is 0 Å². The number of aromatic nitrogens is 3. The van der Waals surface area contributed by atoms with E-state index in [4.69, 9.17) is 0 Å². The standard InChI is InChI=1S/C18H18N6OS/c25-18(21-17-20-16(22-26-17)14-5-2-1-3-6-14)24-11-9-23(10-12-24)15-7-4-8-19-13-15/h1-8,13H,9-12H2,(H,20,21,22,25). The maximum absolute atomic E-state index is 12.5. The molecule has 1 saturated heterocycles. The molecule has 132 valence electrons. The highest BCUT2D eigenvalue weighted by molar-refractivity contribution is 7.10. The Labute approximate surface area is 155 Å². The number of urea groups is 1. The van der Waals surface area contributed by atoms with Crippen molar-refractivity contribution in [3.63, 3.8) is 0 Å². The summed E-state index contributed by atoms with van der Waals surface area (Å²) >= 11 is 1.20. The quantitative estimate of drug-likeness (QED) is 0.771. The molecule has 2 aromatic heterocycles. The van der Waals surface area contributed by atoms with Crippen LogP contribution in [0.5, 0.6) is 0 Å². The summed E-state index contributed by atoms with van der Waals surface area (Å²) in [5, 5.41) is 3.37. The average Bonchev–Trinajstić information content (AvgIpc) is 3.18. The van der Waals surface area contributed by atoms with Gasteiger partial charge >= 0.3 is 6.03 Å². The number of hydrogen-bond acceptors (Lipinski definition) is 6. The molecule has 2 amide bonds. The van der Waals surface area contributed by atoms with Gasteiger partial charge in [0.2, 0.25) is 5.13 Å². The van der Waals surface area contributed by atoms with Gasteiger partial charge in [-0.15, -0.1) is 0 Å². The Hall–Kier alpha value is -3.00. The van der Waals surface area contributed by atoms with Gasteiger partial charge in [0.1, 0.15) is 0 Å². The van der Waals surface area contributed by atoms with E-state index in [0.29, 0.717) is 24.0 Å². The van der Waals surface area contributed by atoms with Crippen molar-refractivity contribution >= 4 is 28.4 Å². The van der Waals surface area contributed by atoms with Crippen LogP contribution in [0.15, 0.2) is 54.9 Å². The van der Waals surface area contributed by atoms with E-state index < -0.39 is 0 Å². The lowest BCUT2D eigenvalue weighted by atomic mass is 10.2. The number of carbonyl (C=O) groups excluding carboxylic acids is 1. The van der Waals surface area contributed by atoms with Crippen LogP contribution in [0.25, 0.3) is 11.4 Å². The first-order chi connectivity index (χ1) is 12.8. The van der Waals surface area contributed by atoms with E-state index in [1.165, 1.54) is 11.5 Å². The van der Waals surface area contributed by atoms with Gasteiger partial charge in [-0.25, -0.2) is 4.79 Å². The number of hydrogen-bond donors (Lipinski definition) is 1.